The van der Waals surface area contributed by atoms with Crippen LogP contribution in [-0.2, 0) is 10.9 Å². The molecule has 0 radical (unpaired) electrons. The van der Waals surface area contributed by atoms with Crippen molar-refractivity contribution in [3.05, 3.63) is 23.8 Å². The van der Waals surface area contributed by atoms with Gasteiger partial charge in [-0.15, -0.1) is 5.10 Å². The first-order valence-corrected chi connectivity index (χ1v) is 6.54. The first-order valence-electron chi connectivity index (χ1n) is 5.41. The molecule has 0 aliphatic heterocycles. The number of rotatable bonds is 2. The van der Waals surface area contributed by atoms with Gasteiger partial charge in [-0.1, -0.05) is 39.6 Å². The minimum Gasteiger partial charge on any atom is -0.428 e. The van der Waals surface area contributed by atoms with Crippen LogP contribution in [0.15, 0.2) is 18.2 Å². The molecule has 6 nitrogen and oxygen atoms in total. The van der Waals surface area contributed by atoms with Gasteiger partial charge in [-0.3, -0.25) is 4.84 Å². The maximum absolute atomic E-state index is 12.6. The summed E-state index contributed by atoms with van der Waals surface area (Å²) in [5, 5.41) is 6.92. The molecule has 12 heteroatoms. The van der Waals surface area contributed by atoms with E-state index in [2.05, 4.69) is 19.9 Å². The Morgan fingerprint density at radius 3 is 2.55 bits per heavy atom. The summed E-state index contributed by atoms with van der Waals surface area (Å²) in [6, 6.07) is 2.62. The summed E-state index contributed by atoms with van der Waals surface area (Å²) < 4.78 is 40.5. The van der Waals surface area contributed by atoms with Crippen LogP contribution >= 0.6 is 34.8 Å². The lowest BCUT2D eigenvalue weighted by atomic mass is 10.2. The fourth-order valence-electron chi connectivity index (χ4n) is 1.38. The largest absolute Gasteiger partial charge is 0.535 e. The molecule has 1 aromatic carbocycles. The van der Waals surface area contributed by atoms with Crippen molar-refractivity contribution < 1.29 is 27.5 Å². The van der Waals surface area contributed by atoms with E-state index in [9.17, 15) is 18.0 Å². The zero-order valence-electron chi connectivity index (χ0n) is 10.3. The van der Waals surface area contributed by atoms with E-state index in [-0.39, 0.29) is 11.0 Å². The van der Waals surface area contributed by atoms with Crippen molar-refractivity contribution in [3.8, 4) is 0 Å². The molecule has 0 saturated carbocycles. The predicted octanol–water partition coefficient (Wildman–Crippen LogP) is 3.39. The maximum atomic E-state index is 12.6. The van der Waals surface area contributed by atoms with E-state index >= 15 is 0 Å². The zero-order valence-corrected chi connectivity index (χ0v) is 12.5. The Balaban J connectivity index is 2.19. The van der Waals surface area contributed by atoms with Gasteiger partial charge in [0.15, 0.2) is 0 Å². The molecule has 2 rings (SSSR count). The minimum absolute atomic E-state index is 0.0853. The number of carbonyl (C=O) groups is 1. The Kier molecular flexibility index (Phi) is 4.59. The monoisotopic (exact) mass is 377 g/mol. The average Bonchev–Trinajstić information content (AvgIpc) is 2.77. The standard InChI is InChI=1S/C10H5Cl3F3N3O3/c11-9(12,13)4-21-8(20)22-19-7-3-5(10(14,15)16)1-2-6(7)17-18-19/h1-3H,4H2. The van der Waals surface area contributed by atoms with Crippen LogP contribution in [0.2, 0.25) is 0 Å². The smallest absolute Gasteiger partial charge is 0.428 e. The Morgan fingerprint density at radius 2 is 1.95 bits per heavy atom. The summed E-state index contributed by atoms with van der Waals surface area (Å²) in [6.07, 6.45) is -5.89. The number of hydrogen-bond donors (Lipinski definition) is 0. The number of aromatic nitrogens is 3. The quantitative estimate of drug-likeness (QED) is 0.455. The molecule has 0 N–H and O–H groups in total. The molecule has 120 valence electrons. The normalized spacial score (nSPS) is 12.5. The van der Waals surface area contributed by atoms with Gasteiger partial charge in [-0.25, -0.2) is 4.79 Å². The highest BCUT2D eigenvalue weighted by Crippen LogP contribution is 2.30. The zero-order chi connectivity index (χ0) is 16.5. The second-order valence-electron chi connectivity index (χ2n) is 3.91. The molecule has 0 aliphatic rings. The van der Waals surface area contributed by atoms with Gasteiger partial charge < -0.3 is 4.74 Å². The number of hydrogen-bond acceptors (Lipinski definition) is 5. The number of fused-ring (bicyclic) bond motifs is 1. The number of benzene rings is 1. The molecule has 0 spiro atoms. The second kappa shape index (κ2) is 5.98. The van der Waals surface area contributed by atoms with E-state index in [1.54, 1.807) is 0 Å². The molecule has 2 aromatic rings. The molecule has 0 bridgehead atoms. The molecule has 0 atom stereocenters. The molecule has 0 amide bonds. The number of nitrogens with zero attached hydrogens (tertiary/aromatic N) is 3. The Bertz CT molecular complexity index is 699. The first-order chi connectivity index (χ1) is 10.1. The topological polar surface area (TPSA) is 66.2 Å². The molecule has 1 aromatic heterocycles. The van der Waals surface area contributed by atoms with Crippen LogP contribution < -0.4 is 4.84 Å². The summed E-state index contributed by atoms with van der Waals surface area (Å²) in [5.74, 6) is 0. The third kappa shape index (κ3) is 4.28. The molecule has 0 unspecified atom stereocenters. The summed E-state index contributed by atoms with van der Waals surface area (Å²) in [4.78, 5) is 16.4. The van der Waals surface area contributed by atoms with Crippen LogP contribution in [0.25, 0.3) is 11.0 Å². The van der Waals surface area contributed by atoms with Crippen molar-refractivity contribution in [2.45, 2.75) is 9.97 Å². The third-order valence-corrected chi connectivity index (χ3v) is 2.58. The number of ether oxygens (including phenoxy) is 1. The SMILES string of the molecule is O=C(OCC(Cl)(Cl)Cl)On1nnc2ccc(C(F)(F)F)cc21. The lowest BCUT2D eigenvalue weighted by molar-refractivity contribution is -0.137. The van der Waals surface area contributed by atoms with E-state index < -0.39 is 28.3 Å². The van der Waals surface area contributed by atoms with Gasteiger partial charge in [-0.05, 0) is 23.4 Å². The highest BCUT2D eigenvalue weighted by atomic mass is 35.6. The fourth-order valence-corrected chi connectivity index (χ4v) is 1.54. The van der Waals surface area contributed by atoms with Crippen LogP contribution in [-0.4, -0.2) is 31.7 Å². The fraction of sp³-hybridized carbons (Fsp3) is 0.300. The predicted molar refractivity (Wildman–Crippen MR) is 70.7 cm³/mol. The van der Waals surface area contributed by atoms with Gasteiger partial charge >= 0.3 is 12.3 Å². The van der Waals surface area contributed by atoms with Gasteiger partial charge in [0, 0.05) is 0 Å². The van der Waals surface area contributed by atoms with Crippen molar-refractivity contribution >= 4 is 52.0 Å². The van der Waals surface area contributed by atoms with Crippen molar-refractivity contribution in [1.82, 2.24) is 15.2 Å². The lowest BCUT2D eigenvalue weighted by Gasteiger charge is -2.10. The highest BCUT2D eigenvalue weighted by Gasteiger charge is 2.31. The average molecular weight is 379 g/mol. The van der Waals surface area contributed by atoms with Gasteiger partial charge in [0.2, 0.25) is 3.79 Å². The molecule has 0 saturated heterocycles. The summed E-state index contributed by atoms with van der Waals surface area (Å²) >= 11 is 16.1. The van der Waals surface area contributed by atoms with Crippen molar-refractivity contribution in [3.63, 3.8) is 0 Å². The summed E-state index contributed by atoms with van der Waals surface area (Å²) in [5.41, 5.74) is -1.05. The van der Waals surface area contributed by atoms with Gasteiger partial charge in [0.1, 0.15) is 17.6 Å². The maximum Gasteiger partial charge on any atom is 0.535 e. The van der Waals surface area contributed by atoms with Crippen LogP contribution in [0.4, 0.5) is 18.0 Å². The van der Waals surface area contributed by atoms with E-state index in [4.69, 9.17) is 34.8 Å². The summed E-state index contributed by atoms with van der Waals surface area (Å²) in [6.45, 7) is -0.614. The second-order valence-corrected chi connectivity index (χ2v) is 6.42. The first kappa shape index (κ1) is 16.9. The summed E-state index contributed by atoms with van der Waals surface area (Å²) in [7, 11) is 0. The highest BCUT2D eigenvalue weighted by molar-refractivity contribution is 6.67. The lowest BCUT2D eigenvalue weighted by Crippen LogP contribution is -2.25. The van der Waals surface area contributed by atoms with Crippen molar-refractivity contribution in [2.75, 3.05) is 6.61 Å². The van der Waals surface area contributed by atoms with Crippen molar-refractivity contribution in [1.29, 1.82) is 0 Å². The minimum atomic E-state index is -4.57. The van der Waals surface area contributed by atoms with Gasteiger partial charge in [0.05, 0.1) is 5.56 Å². The van der Waals surface area contributed by atoms with Gasteiger partial charge in [0.25, 0.3) is 0 Å². The van der Waals surface area contributed by atoms with E-state index in [0.717, 1.165) is 18.2 Å². The van der Waals surface area contributed by atoms with E-state index in [0.29, 0.717) is 4.85 Å². The number of carbonyl (C=O) groups excluding carboxylic acids is 1. The Hall–Kier alpha value is -1.45. The molecular formula is C10H5Cl3F3N3O3. The van der Waals surface area contributed by atoms with E-state index in [1.165, 1.54) is 0 Å². The molecule has 0 aliphatic carbocycles. The number of alkyl halides is 6. The van der Waals surface area contributed by atoms with Crippen LogP contribution in [0.1, 0.15) is 5.56 Å². The molecular weight excluding hydrogens is 373 g/mol. The molecule has 1 heterocycles. The van der Waals surface area contributed by atoms with Crippen LogP contribution in [0, 0.1) is 0 Å². The van der Waals surface area contributed by atoms with Gasteiger partial charge in [-0.2, -0.15) is 13.2 Å². The van der Waals surface area contributed by atoms with Crippen LogP contribution in [0.3, 0.4) is 0 Å². The number of halogens is 6. The Labute approximate surface area is 135 Å². The van der Waals surface area contributed by atoms with E-state index in [1.807, 2.05) is 0 Å². The Morgan fingerprint density at radius 1 is 1.27 bits per heavy atom. The molecule has 22 heavy (non-hydrogen) atoms. The molecule has 0 fully saturated rings. The van der Waals surface area contributed by atoms with Crippen molar-refractivity contribution in [2.24, 2.45) is 0 Å². The third-order valence-electron chi connectivity index (χ3n) is 2.26. The van der Waals surface area contributed by atoms with Crippen LogP contribution in [0.5, 0.6) is 0 Å².